The molecule has 4 rings (SSSR count). The SMILES string of the molecule is Fc1ccc(C2(CNC(=S)Nc3ccc(N4CCCC4)nc3)CCCC2)cc1. The summed E-state index contributed by atoms with van der Waals surface area (Å²) in [5.41, 5.74) is 2.11. The highest BCUT2D eigenvalue weighted by atomic mass is 32.1. The van der Waals surface area contributed by atoms with E-state index in [0.29, 0.717) is 5.11 Å². The fraction of sp³-hybridized carbons (Fsp3) is 0.455. The Balaban J connectivity index is 1.35. The second kappa shape index (κ2) is 8.43. The number of halogens is 1. The molecule has 1 saturated carbocycles. The van der Waals surface area contributed by atoms with Gasteiger partial charge < -0.3 is 15.5 Å². The van der Waals surface area contributed by atoms with Gasteiger partial charge in [0.05, 0.1) is 11.9 Å². The van der Waals surface area contributed by atoms with Crippen molar-refractivity contribution in [1.29, 1.82) is 0 Å². The Bertz CT molecular complexity index is 794. The van der Waals surface area contributed by atoms with Crippen LogP contribution in [0.25, 0.3) is 0 Å². The van der Waals surface area contributed by atoms with Crippen LogP contribution in [-0.2, 0) is 5.41 Å². The average molecular weight is 399 g/mol. The number of rotatable bonds is 5. The van der Waals surface area contributed by atoms with Crippen molar-refractivity contribution < 1.29 is 4.39 Å². The van der Waals surface area contributed by atoms with Crippen LogP contribution in [0.2, 0.25) is 0 Å². The van der Waals surface area contributed by atoms with E-state index in [1.165, 1.54) is 31.2 Å². The van der Waals surface area contributed by atoms with Crippen molar-refractivity contribution in [2.45, 2.75) is 43.9 Å². The summed E-state index contributed by atoms with van der Waals surface area (Å²) in [5.74, 6) is 0.843. The number of pyridine rings is 1. The normalized spacial score (nSPS) is 18.2. The summed E-state index contributed by atoms with van der Waals surface area (Å²) in [6.07, 6.45) is 8.91. The third-order valence-electron chi connectivity index (χ3n) is 6.04. The number of nitrogens with zero attached hydrogens (tertiary/aromatic N) is 2. The van der Waals surface area contributed by atoms with Crippen LogP contribution >= 0.6 is 12.2 Å². The third kappa shape index (κ3) is 4.27. The zero-order valence-electron chi connectivity index (χ0n) is 16.1. The van der Waals surface area contributed by atoms with Gasteiger partial charge in [0.1, 0.15) is 11.6 Å². The molecule has 28 heavy (non-hydrogen) atoms. The molecule has 0 atom stereocenters. The first-order valence-electron chi connectivity index (χ1n) is 10.2. The van der Waals surface area contributed by atoms with Gasteiger partial charge in [0, 0.05) is 25.0 Å². The maximum absolute atomic E-state index is 13.3. The summed E-state index contributed by atoms with van der Waals surface area (Å²) >= 11 is 5.51. The molecule has 0 radical (unpaired) electrons. The lowest BCUT2D eigenvalue weighted by molar-refractivity contribution is 0.434. The van der Waals surface area contributed by atoms with Crippen LogP contribution in [-0.4, -0.2) is 29.7 Å². The number of hydrogen-bond acceptors (Lipinski definition) is 3. The molecule has 1 aliphatic heterocycles. The van der Waals surface area contributed by atoms with E-state index in [9.17, 15) is 4.39 Å². The van der Waals surface area contributed by atoms with Gasteiger partial charge in [-0.15, -0.1) is 0 Å². The van der Waals surface area contributed by atoms with Gasteiger partial charge >= 0.3 is 0 Å². The molecule has 1 aliphatic carbocycles. The predicted octanol–water partition coefficient (Wildman–Crippen LogP) is 4.62. The molecule has 1 aromatic heterocycles. The molecule has 0 amide bonds. The van der Waals surface area contributed by atoms with Gasteiger partial charge in [0.25, 0.3) is 0 Å². The Labute approximate surface area is 171 Å². The lowest BCUT2D eigenvalue weighted by Crippen LogP contribution is -2.40. The highest BCUT2D eigenvalue weighted by molar-refractivity contribution is 7.80. The zero-order chi connectivity index (χ0) is 19.4. The number of nitrogens with one attached hydrogen (secondary N) is 2. The maximum atomic E-state index is 13.3. The fourth-order valence-corrected chi connectivity index (χ4v) is 4.63. The molecule has 0 spiro atoms. The van der Waals surface area contributed by atoms with E-state index in [0.717, 1.165) is 44.0 Å². The lowest BCUT2D eigenvalue weighted by Gasteiger charge is -2.30. The number of benzene rings is 1. The molecule has 1 saturated heterocycles. The van der Waals surface area contributed by atoms with E-state index in [4.69, 9.17) is 12.2 Å². The monoisotopic (exact) mass is 398 g/mol. The molecule has 2 fully saturated rings. The van der Waals surface area contributed by atoms with Crippen LogP contribution in [0.4, 0.5) is 15.9 Å². The van der Waals surface area contributed by atoms with Crippen LogP contribution in [0.15, 0.2) is 42.6 Å². The van der Waals surface area contributed by atoms with Crippen LogP contribution in [0.3, 0.4) is 0 Å². The minimum absolute atomic E-state index is 0.0251. The fourth-order valence-electron chi connectivity index (χ4n) is 4.44. The molecule has 2 aliphatic rings. The van der Waals surface area contributed by atoms with E-state index < -0.39 is 0 Å². The second-order valence-electron chi connectivity index (χ2n) is 7.90. The summed E-state index contributed by atoms with van der Waals surface area (Å²) in [6.45, 7) is 2.93. The topological polar surface area (TPSA) is 40.2 Å². The molecule has 1 aromatic carbocycles. The van der Waals surface area contributed by atoms with E-state index in [1.807, 2.05) is 30.5 Å². The first kappa shape index (κ1) is 19.1. The Morgan fingerprint density at radius 3 is 2.39 bits per heavy atom. The minimum Gasteiger partial charge on any atom is -0.362 e. The first-order chi connectivity index (χ1) is 13.6. The summed E-state index contributed by atoms with van der Waals surface area (Å²) in [7, 11) is 0. The van der Waals surface area contributed by atoms with Gasteiger partial charge in [-0.2, -0.15) is 0 Å². The van der Waals surface area contributed by atoms with Crippen molar-refractivity contribution >= 4 is 28.8 Å². The van der Waals surface area contributed by atoms with Crippen LogP contribution in [0.5, 0.6) is 0 Å². The van der Waals surface area contributed by atoms with Crippen molar-refractivity contribution in [3.8, 4) is 0 Å². The van der Waals surface area contributed by atoms with Crippen molar-refractivity contribution in [3.63, 3.8) is 0 Å². The number of hydrogen-bond donors (Lipinski definition) is 2. The molecule has 2 N–H and O–H groups in total. The lowest BCUT2D eigenvalue weighted by atomic mass is 9.79. The zero-order valence-corrected chi connectivity index (χ0v) is 16.9. The van der Waals surface area contributed by atoms with Crippen molar-refractivity contribution in [2.24, 2.45) is 0 Å². The molecule has 2 aromatic rings. The van der Waals surface area contributed by atoms with Crippen molar-refractivity contribution in [1.82, 2.24) is 10.3 Å². The van der Waals surface area contributed by atoms with Gasteiger partial charge in [0.15, 0.2) is 5.11 Å². The van der Waals surface area contributed by atoms with Gasteiger partial charge in [-0.3, -0.25) is 0 Å². The first-order valence-corrected chi connectivity index (χ1v) is 10.6. The standard InChI is InChI=1S/C22H27FN4S/c23-18-7-5-17(6-8-18)22(11-1-2-12-22)16-25-21(28)26-19-9-10-20(24-15-19)27-13-3-4-14-27/h5-10,15H,1-4,11-14,16H2,(H2,25,26,28). The van der Waals surface area contributed by atoms with E-state index in [-0.39, 0.29) is 11.2 Å². The molecule has 4 nitrogen and oxygen atoms in total. The van der Waals surface area contributed by atoms with E-state index in [1.54, 1.807) is 12.1 Å². The van der Waals surface area contributed by atoms with Gasteiger partial charge in [-0.1, -0.05) is 25.0 Å². The number of anilines is 2. The average Bonchev–Trinajstić information content (AvgIpc) is 3.41. The van der Waals surface area contributed by atoms with E-state index in [2.05, 4.69) is 20.5 Å². The molecule has 0 bridgehead atoms. The minimum atomic E-state index is -0.188. The quantitative estimate of drug-likeness (QED) is 0.719. The third-order valence-corrected chi connectivity index (χ3v) is 6.29. The van der Waals surface area contributed by atoms with Crippen LogP contribution in [0.1, 0.15) is 44.1 Å². The van der Waals surface area contributed by atoms with Gasteiger partial charge in [-0.05, 0) is 67.7 Å². The summed E-state index contributed by atoms with van der Waals surface area (Å²) < 4.78 is 13.3. The Hall–Kier alpha value is -2.21. The summed E-state index contributed by atoms with van der Waals surface area (Å²) in [4.78, 5) is 6.87. The molecule has 148 valence electrons. The molecule has 0 unspecified atom stereocenters. The Kier molecular flexibility index (Phi) is 5.76. The van der Waals surface area contributed by atoms with Gasteiger partial charge in [0.2, 0.25) is 0 Å². The Morgan fingerprint density at radius 2 is 1.75 bits per heavy atom. The van der Waals surface area contributed by atoms with Crippen molar-refractivity contribution in [2.75, 3.05) is 29.9 Å². The number of thiocarbonyl (C=S) groups is 1. The smallest absolute Gasteiger partial charge is 0.170 e. The summed E-state index contributed by atoms with van der Waals surface area (Å²) in [6, 6.07) is 11.0. The second-order valence-corrected chi connectivity index (χ2v) is 8.31. The molecule has 2 heterocycles. The largest absolute Gasteiger partial charge is 0.362 e. The van der Waals surface area contributed by atoms with Crippen LogP contribution in [0, 0.1) is 5.82 Å². The molecular weight excluding hydrogens is 371 g/mol. The van der Waals surface area contributed by atoms with E-state index >= 15 is 0 Å². The van der Waals surface area contributed by atoms with Crippen molar-refractivity contribution in [3.05, 3.63) is 54.0 Å². The highest BCUT2D eigenvalue weighted by Gasteiger charge is 2.35. The molecule has 6 heteroatoms. The highest BCUT2D eigenvalue weighted by Crippen LogP contribution is 2.40. The predicted molar refractivity (Wildman–Crippen MR) is 116 cm³/mol. The molecular formula is C22H27FN4S. The summed E-state index contributed by atoms with van der Waals surface area (Å²) in [5, 5.41) is 7.23. The Morgan fingerprint density at radius 1 is 1.04 bits per heavy atom. The maximum Gasteiger partial charge on any atom is 0.170 e. The van der Waals surface area contributed by atoms with Gasteiger partial charge in [-0.25, -0.2) is 9.37 Å². The van der Waals surface area contributed by atoms with Crippen LogP contribution < -0.4 is 15.5 Å². The number of aromatic nitrogens is 1.